The van der Waals surface area contributed by atoms with E-state index >= 15 is 0 Å². The van der Waals surface area contributed by atoms with Crippen molar-refractivity contribution in [3.63, 3.8) is 0 Å². The second-order valence-electron chi connectivity index (χ2n) is 4.34. The first kappa shape index (κ1) is 13.2. The molecule has 0 saturated carbocycles. The third kappa shape index (κ3) is 2.45. The summed E-state index contributed by atoms with van der Waals surface area (Å²) < 4.78 is 5.19. The number of aromatic nitrogens is 2. The fraction of sp³-hybridized carbons (Fsp3) is 0.636. The summed E-state index contributed by atoms with van der Waals surface area (Å²) in [6.07, 6.45) is 1.53. The lowest BCUT2D eigenvalue weighted by Crippen LogP contribution is -2.43. The van der Waals surface area contributed by atoms with Gasteiger partial charge in [0.2, 0.25) is 5.88 Å². The van der Waals surface area contributed by atoms with Gasteiger partial charge in [0, 0.05) is 17.9 Å². The van der Waals surface area contributed by atoms with Gasteiger partial charge in [0.15, 0.2) is 0 Å². The van der Waals surface area contributed by atoms with Crippen LogP contribution in [0.5, 0.6) is 5.88 Å². The number of ether oxygens (including phenoxy) is 1. The Bertz CT molecular complexity index is 368. The second kappa shape index (κ2) is 4.99. The Morgan fingerprint density at radius 1 is 1.44 bits per heavy atom. The van der Waals surface area contributed by atoms with Crippen molar-refractivity contribution in [3.05, 3.63) is 11.9 Å². The van der Waals surface area contributed by atoms with Gasteiger partial charge >= 0.3 is 0 Å². The molecule has 0 aliphatic rings. The van der Waals surface area contributed by atoms with E-state index in [1.165, 1.54) is 6.33 Å². The molecule has 0 N–H and O–H groups in total. The SMILES string of the molecule is COc1ncnc(N(C)C(C)(C)CBr)c1C. The van der Waals surface area contributed by atoms with E-state index in [2.05, 4.69) is 44.6 Å². The summed E-state index contributed by atoms with van der Waals surface area (Å²) in [6, 6.07) is 0. The third-order valence-electron chi connectivity index (χ3n) is 2.76. The fourth-order valence-electron chi connectivity index (χ4n) is 1.35. The molecule has 16 heavy (non-hydrogen) atoms. The molecule has 5 heteroatoms. The summed E-state index contributed by atoms with van der Waals surface area (Å²) in [6.45, 7) is 6.26. The van der Waals surface area contributed by atoms with Crippen molar-refractivity contribution in [1.29, 1.82) is 0 Å². The van der Waals surface area contributed by atoms with Crippen molar-refractivity contribution in [2.45, 2.75) is 26.3 Å². The molecule has 0 atom stereocenters. The van der Waals surface area contributed by atoms with Gasteiger partial charge in [-0.2, -0.15) is 0 Å². The largest absolute Gasteiger partial charge is 0.481 e. The van der Waals surface area contributed by atoms with Crippen LogP contribution in [0, 0.1) is 6.92 Å². The molecule has 0 amide bonds. The van der Waals surface area contributed by atoms with E-state index in [4.69, 9.17) is 4.74 Å². The van der Waals surface area contributed by atoms with Gasteiger partial charge in [-0.05, 0) is 20.8 Å². The molecule has 0 aliphatic carbocycles. The zero-order chi connectivity index (χ0) is 12.3. The molecule has 4 nitrogen and oxygen atoms in total. The van der Waals surface area contributed by atoms with Crippen LogP contribution in [-0.2, 0) is 0 Å². The smallest absolute Gasteiger partial charge is 0.221 e. The number of halogens is 1. The minimum atomic E-state index is -0.00980. The molecule has 1 heterocycles. The molecule has 1 rings (SSSR count). The van der Waals surface area contributed by atoms with Gasteiger partial charge in [-0.3, -0.25) is 0 Å². The van der Waals surface area contributed by atoms with E-state index in [0.29, 0.717) is 5.88 Å². The Labute approximate surface area is 105 Å². The average Bonchev–Trinajstić information content (AvgIpc) is 2.28. The van der Waals surface area contributed by atoms with Crippen LogP contribution in [0.1, 0.15) is 19.4 Å². The van der Waals surface area contributed by atoms with Gasteiger partial charge in [-0.15, -0.1) is 0 Å². The van der Waals surface area contributed by atoms with Crippen LogP contribution in [-0.4, -0.2) is 35.0 Å². The zero-order valence-corrected chi connectivity index (χ0v) is 12.0. The van der Waals surface area contributed by atoms with Crippen LogP contribution in [0.3, 0.4) is 0 Å². The number of hydrogen-bond acceptors (Lipinski definition) is 4. The van der Waals surface area contributed by atoms with Gasteiger partial charge in [0.25, 0.3) is 0 Å². The van der Waals surface area contributed by atoms with Crippen molar-refractivity contribution >= 4 is 21.7 Å². The molecule has 0 unspecified atom stereocenters. The van der Waals surface area contributed by atoms with Gasteiger partial charge in [-0.25, -0.2) is 9.97 Å². The maximum atomic E-state index is 5.19. The Hall–Kier alpha value is -0.840. The van der Waals surface area contributed by atoms with Gasteiger partial charge in [0.05, 0.1) is 12.7 Å². The van der Waals surface area contributed by atoms with E-state index < -0.39 is 0 Å². The molecule has 0 radical (unpaired) electrons. The van der Waals surface area contributed by atoms with Crippen LogP contribution >= 0.6 is 15.9 Å². The summed E-state index contributed by atoms with van der Waals surface area (Å²) in [5, 5.41) is 0.863. The maximum Gasteiger partial charge on any atom is 0.221 e. The van der Waals surface area contributed by atoms with Crippen molar-refractivity contribution in [1.82, 2.24) is 9.97 Å². The summed E-state index contributed by atoms with van der Waals surface area (Å²) >= 11 is 3.51. The van der Waals surface area contributed by atoms with Crippen LogP contribution in [0.4, 0.5) is 5.82 Å². The molecule has 0 fully saturated rings. The van der Waals surface area contributed by atoms with Gasteiger partial charge < -0.3 is 9.64 Å². The monoisotopic (exact) mass is 287 g/mol. The second-order valence-corrected chi connectivity index (χ2v) is 4.90. The highest BCUT2D eigenvalue weighted by molar-refractivity contribution is 9.09. The van der Waals surface area contributed by atoms with Crippen LogP contribution in [0.15, 0.2) is 6.33 Å². The highest BCUT2D eigenvalue weighted by Gasteiger charge is 2.25. The first-order valence-corrected chi connectivity index (χ1v) is 6.21. The molecule has 0 spiro atoms. The Morgan fingerprint density at radius 3 is 2.56 bits per heavy atom. The molecule has 0 bridgehead atoms. The predicted molar refractivity (Wildman–Crippen MR) is 69.6 cm³/mol. The minimum Gasteiger partial charge on any atom is -0.481 e. The number of methoxy groups -OCH3 is 1. The molecular weight excluding hydrogens is 270 g/mol. The Balaban J connectivity index is 3.14. The normalized spacial score (nSPS) is 11.4. The van der Waals surface area contributed by atoms with E-state index in [1.54, 1.807) is 7.11 Å². The fourth-order valence-corrected chi connectivity index (χ4v) is 1.72. The lowest BCUT2D eigenvalue weighted by molar-refractivity contribution is 0.392. The maximum absolute atomic E-state index is 5.19. The third-order valence-corrected chi connectivity index (χ3v) is 4.13. The number of hydrogen-bond donors (Lipinski definition) is 0. The minimum absolute atomic E-state index is 0.00980. The van der Waals surface area contributed by atoms with E-state index in [1.807, 2.05) is 14.0 Å². The van der Waals surface area contributed by atoms with E-state index in [0.717, 1.165) is 16.7 Å². The molecular formula is C11H18BrN3O. The zero-order valence-electron chi connectivity index (χ0n) is 10.4. The van der Waals surface area contributed by atoms with E-state index in [-0.39, 0.29) is 5.54 Å². The quantitative estimate of drug-likeness (QED) is 0.797. The highest BCUT2D eigenvalue weighted by Crippen LogP contribution is 2.28. The van der Waals surface area contributed by atoms with Crippen molar-refractivity contribution < 1.29 is 4.74 Å². The lowest BCUT2D eigenvalue weighted by atomic mass is 10.1. The lowest BCUT2D eigenvalue weighted by Gasteiger charge is -2.35. The number of alkyl halides is 1. The first-order valence-electron chi connectivity index (χ1n) is 5.09. The predicted octanol–water partition coefficient (Wildman–Crippen LogP) is 2.40. The van der Waals surface area contributed by atoms with Crippen LogP contribution < -0.4 is 9.64 Å². The van der Waals surface area contributed by atoms with Crippen molar-refractivity contribution in [3.8, 4) is 5.88 Å². The topological polar surface area (TPSA) is 38.3 Å². The van der Waals surface area contributed by atoms with Crippen molar-refractivity contribution in [2.24, 2.45) is 0 Å². The summed E-state index contributed by atoms with van der Waals surface area (Å²) in [5.74, 6) is 1.53. The van der Waals surface area contributed by atoms with Crippen LogP contribution in [0.25, 0.3) is 0 Å². The summed E-state index contributed by atoms with van der Waals surface area (Å²) in [5.41, 5.74) is 0.950. The molecule has 0 aromatic carbocycles. The standard InChI is InChI=1S/C11H18BrN3O/c1-8-9(13-7-14-10(8)16-5)15(4)11(2,3)6-12/h7H,6H2,1-5H3. The molecule has 1 aromatic rings. The van der Waals surface area contributed by atoms with Crippen molar-refractivity contribution in [2.75, 3.05) is 24.4 Å². The molecule has 0 saturated heterocycles. The van der Waals surface area contributed by atoms with Crippen LogP contribution in [0.2, 0.25) is 0 Å². The highest BCUT2D eigenvalue weighted by atomic mass is 79.9. The molecule has 0 aliphatic heterocycles. The Kier molecular flexibility index (Phi) is 4.13. The number of nitrogens with zero attached hydrogens (tertiary/aromatic N) is 3. The van der Waals surface area contributed by atoms with Gasteiger partial charge in [0.1, 0.15) is 12.1 Å². The van der Waals surface area contributed by atoms with E-state index in [9.17, 15) is 0 Å². The Morgan fingerprint density at radius 2 is 2.06 bits per heavy atom. The average molecular weight is 288 g/mol. The number of rotatable bonds is 4. The van der Waals surface area contributed by atoms with Gasteiger partial charge in [-0.1, -0.05) is 15.9 Å². The number of anilines is 1. The molecule has 1 aromatic heterocycles. The molecule has 90 valence electrons. The first-order chi connectivity index (χ1) is 7.44. The summed E-state index contributed by atoms with van der Waals surface area (Å²) in [7, 11) is 3.64. The summed E-state index contributed by atoms with van der Waals surface area (Å²) in [4.78, 5) is 10.5.